The predicted octanol–water partition coefficient (Wildman–Crippen LogP) is 3.58. The first kappa shape index (κ1) is 12.6. The quantitative estimate of drug-likeness (QED) is 0.467. The zero-order valence-corrected chi connectivity index (χ0v) is 11.9. The van der Waals surface area contributed by atoms with Crippen LogP contribution in [0.25, 0.3) is 0 Å². The number of piperidine rings is 1. The van der Waals surface area contributed by atoms with E-state index in [0.717, 1.165) is 12.2 Å². The Kier molecular flexibility index (Phi) is 3.86. The minimum atomic E-state index is -0.328. The molecule has 1 atom stereocenters. The molecule has 0 bridgehead atoms. The van der Waals surface area contributed by atoms with Gasteiger partial charge in [-0.3, -0.25) is 10.1 Å². The average Bonchev–Trinajstić information content (AvgIpc) is 2.29. The summed E-state index contributed by atoms with van der Waals surface area (Å²) in [6, 6.07) is 5.92. The molecule has 1 unspecified atom stereocenters. The third kappa shape index (κ3) is 2.70. The summed E-state index contributed by atoms with van der Waals surface area (Å²) < 4.78 is 0.711. The maximum absolute atomic E-state index is 10.8. The first-order valence-corrected chi connectivity index (χ1v) is 6.88. The molecule has 1 aromatic rings. The van der Waals surface area contributed by atoms with Gasteiger partial charge in [0.25, 0.3) is 5.69 Å². The van der Waals surface area contributed by atoms with Gasteiger partial charge in [-0.05, 0) is 60.9 Å². The molecular weight excluding hydrogens is 331 g/mol. The summed E-state index contributed by atoms with van der Waals surface area (Å²) in [5.41, 5.74) is 1.30. The molecule has 5 heteroatoms. The summed E-state index contributed by atoms with van der Waals surface area (Å²) in [5.74, 6) is 0. The lowest BCUT2D eigenvalue weighted by Gasteiger charge is -2.35. The van der Waals surface area contributed by atoms with E-state index in [-0.39, 0.29) is 10.6 Å². The molecule has 1 saturated heterocycles. The highest BCUT2D eigenvalue weighted by atomic mass is 127. The molecule has 0 spiro atoms. The Labute approximate surface area is 114 Å². The first-order chi connectivity index (χ1) is 8.09. The van der Waals surface area contributed by atoms with Crippen molar-refractivity contribution in [1.82, 2.24) is 0 Å². The molecule has 0 N–H and O–H groups in total. The lowest BCUT2D eigenvalue weighted by Crippen LogP contribution is -2.37. The van der Waals surface area contributed by atoms with E-state index >= 15 is 0 Å². The fraction of sp³-hybridized carbons (Fsp3) is 0.500. The largest absolute Gasteiger partial charge is 0.369 e. The van der Waals surface area contributed by atoms with Crippen LogP contribution >= 0.6 is 22.6 Å². The van der Waals surface area contributed by atoms with Crippen LogP contribution in [0.1, 0.15) is 26.2 Å². The molecule has 4 nitrogen and oxygen atoms in total. The fourth-order valence-electron chi connectivity index (χ4n) is 2.30. The van der Waals surface area contributed by atoms with Crippen LogP contribution in [0.15, 0.2) is 18.2 Å². The Morgan fingerprint density at radius 3 is 2.82 bits per heavy atom. The van der Waals surface area contributed by atoms with Gasteiger partial charge >= 0.3 is 0 Å². The number of nitro benzene ring substituents is 1. The Morgan fingerprint density at radius 1 is 1.47 bits per heavy atom. The van der Waals surface area contributed by atoms with Crippen LogP contribution in [-0.2, 0) is 0 Å². The van der Waals surface area contributed by atoms with Crippen LogP contribution in [0.3, 0.4) is 0 Å². The van der Waals surface area contributed by atoms with Crippen LogP contribution in [0.2, 0.25) is 0 Å². The summed E-state index contributed by atoms with van der Waals surface area (Å²) in [4.78, 5) is 12.8. The third-order valence-corrected chi connectivity index (χ3v) is 4.13. The van der Waals surface area contributed by atoms with E-state index in [9.17, 15) is 10.1 Å². The Balaban J connectivity index is 2.27. The number of nitrogens with zero attached hydrogens (tertiary/aromatic N) is 2. The topological polar surface area (TPSA) is 46.4 Å². The smallest absolute Gasteiger partial charge is 0.282 e. The van der Waals surface area contributed by atoms with Crippen molar-refractivity contribution in [3.8, 4) is 0 Å². The molecule has 17 heavy (non-hydrogen) atoms. The summed E-state index contributed by atoms with van der Waals surface area (Å²) >= 11 is 2.04. The van der Waals surface area contributed by atoms with Crippen molar-refractivity contribution in [2.45, 2.75) is 32.2 Å². The van der Waals surface area contributed by atoms with Crippen molar-refractivity contribution in [1.29, 1.82) is 0 Å². The minimum Gasteiger partial charge on any atom is -0.369 e. The number of hydrogen-bond donors (Lipinski definition) is 0. The summed E-state index contributed by atoms with van der Waals surface area (Å²) in [6.07, 6.45) is 3.69. The number of halogens is 1. The van der Waals surface area contributed by atoms with E-state index in [4.69, 9.17) is 0 Å². The van der Waals surface area contributed by atoms with E-state index in [2.05, 4.69) is 11.8 Å². The molecule has 1 fully saturated rings. The first-order valence-electron chi connectivity index (χ1n) is 5.80. The van der Waals surface area contributed by atoms with Crippen molar-refractivity contribution in [2.75, 3.05) is 11.4 Å². The maximum Gasteiger partial charge on any atom is 0.282 e. The molecule has 1 aliphatic rings. The second-order valence-corrected chi connectivity index (χ2v) is 5.59. The molecule has 0 aromatic heterocycles. The van der Waals surface area contributed by atoms with E-state index in [1.54, 1.807) is 6.07 Å². The Bertz CT molecular complexity index is 437. The lowest BCUT2D eigenvalue weighted by molar-refractivity contribution is -0.385. The number of rotatable bonds is 2. The fourth-order valence-corrected chi connectivity index (χ4v) is 3.00. The van der Waals surface area contributed by atoms with Gasteiger partial charge in [0.2, 0.25) is 0 Å². The van der Waals surface area contributed by atoms with Gasteiger partial charge in [0.05, 0.1) is 8.49 Å². The van der Waals surface area contributed by atoms with Gasteiger partial charge < -0.3 is 4.90 Å². The molecular formula is C12H15IN2O2. The number of anilines is 1. The van der Waals surface area contributed by atoms with Gasteiger partial charge in [0.15, 0.2) is 0 Å². The average molecular weight is 346 g/mol. The van der Waals surface area contributed by atoms with Gasteiger partial charge in [0, 0.05) is 24.3 Å². The van der Waals surface area contributed by atoms with E-state index in [1.165, 1.54) is 19.3 Å². The Hall–Kier alpha value is -0.850. The van der Waals surface area contributed by atoms with E-state index in [0.29, 0.717) is 9.61 Å². The molecule has 0 amide bonds. The molecule has 92 valence electrons. The zero-order chi connectivity index (χ0) is 12.4. The third-order valence-electron chi connectivity index (χ3n) is 3.26. The molecule has 2 rings (SSSR count). The number of nitro groups is 1. The van der Waals surface area contributed by atoms with Crippen molar-refractivity contribution < 1.29 is 4.92 Å². The van der Waals surface area contributed by atoms with E-state index < -0.39 is 0 Å². The van der Waals surface area contributed by atoms with Gasteiger partial charge in [0.1, 0.15) is 0 Å². The monoisotopic (exact) mass is 346 g/mol. The molecule has 1 aliphatic heterocycles. The van der Waals surface area contributed by atoms with Gasteiger partial charge in [-0.15, -0.1) is 0 Å². The lowest BCUT2D eigenvalue weighted by atomic mass is 10.0. The highest BCUT2D eigenvalue weighted by Gasteiger charge is 2.20. The molecule has 0 saturated carbocycles. The minimum absolute atomic E-state index is 0.194. The Morgan fingerprint density at radius 2 is 2.24 bits per heavy atom. The molecule has 0 aliphatic carbocycles. The van der Waals surface area contributed by atoms with Crippen LogP contribution in [0.4, 0.5) is 11.4 Å². The van der Waals surface area contributed by atoms with Crippen molar-refractivity contribution in [3.63, 3.8) is 0 Å². The maximum atomic E-state index is 10.8. The number of benzene rings is 1. The van der Waals surface area contributed by atoms with Crippen LogP contribution in [0.5, 0.6) is 0 Å². The van der Waals surface area contributed by atoms with Gasteiger partial charge in [-0.1, -0.05) is 0 Å². The molecule has 1 heterocycles. The summed E-state index contributed by atoms with van der Waals surface area (Å²) in [7, 11) is 0. The van der Waals surface area contributed by atoms with Crippen molar-refractivity contribution >= 4 is 34.0 Å². The number of hydrogen-bond acceptors (Lipinski definition) is 3. The van der Waals surface area contributed by atoms with Crippen LogP contribution in [0, 0.1) is 13.7 Å². The summed E-state index contributed by atoms with van der Waals surface area (Å²) in [5, 5.41) is 10.8. The summed E-state index contributed by atoms with van der Waals surface area (Å²) in [6.45, 7) is 3.27. The molecule has 0 radical (unpaired) electrons. The normalized spacial score (nSPS) is 20.4. The predicted molar refractivity (Wildman–Crippen MR) is 76.5 cm³/mol. The zero-order valence-electron chi connectivity index (χ0n) is 9.73. The SMILES string of the molecule is CC1CCCCN1c1ccc([N+](=O)[O-])c(I)c1. The highest BCUT2D eigenvalue weighted by molar-refractivity contribution is 14.1. The van der Waals surface area contributed by atoms with Crippen molar-refractivity contribution in [2.24, 2.45) is 0 Å². The second-order valence-electron chi connectivity index (χ2n) is 4.43. The van der Waals surface area contributed by atoms with Crippen molar-refractivity contribution in [3.05, 3.63) is 31.9 Å². The van der Waals surface area contributed by atoms with Crippen LogP contribution < -0.4 is 4.90 Å². The van der Waals surface area contributed by atoms with E-state index in [1.807, 2.05) is 34.7 Å². The van der Waals surface area contributed by atoms with Crippen LogP contribution in [-0.4, -0.2) is 17.5 Å². The standard InChI is InChI=1S/C12H15IN2O2/c1-9-4-2-3-7-14(9)10-5-6-12(15(16)17)11(13)8-10/h5-6,8-9H,2-4,7H2,1H3. The highest BCUT2D eigenvalue weighted by Crippen LogP contribution is 2.30. The van der Waals surface area contributed by atoms with Gasteiger partial charge in [-0.2, -0.15) is 0 Å². The molecule has 1 aromatic carbocycles. The second kappa shape index (κ2) is 5.20. The van der Waals surface area contributed by atoms with Gasteiger partial charge in [-0.25, -0.2) is 0 Å².